The molecular weight excluding hydrogens is 253 g/mol. The van der Waals surface area contributed by atoms with Crippen LogP contribution in [0.15, 0.2) is 3.21 Å². The minimum atomic E-state index is 0.531. The van der Waals surface area contributed by atoms with Crippen LogP contribution in [-0.2, 0) is 0 Å². The van der Waals surface area contributed by atoms with E-state index >= 15 is 0 Å². The third-order valence-electron chi connectivity index (χ3n) is 2.23. The van der Waals surface area contributed by atoms with E-state index in [9.17, 15) is 0 Å². The highest BCUT2D eigenvalue weighted by molar-refractivity contribution is 14.1. The van der Waals surface area contributed by atoms with Gasteiger partial charge < -0.3 is 10.6 Å². The second-order valence-corrected chi connectivity index (χ2v) is 3.57. The summed E-state index contributed by atoms with van der Waals surface area (Å²) in [4.78, 5) is 2.33. The summed E-state index contributed by atoms with van der Waals surface area (Å²) in [6.45, 7) is 2.30. The predicted octanol–water partition coefficient (Wildman–Crippen LogP) is 1.04. The number of nitrogens with two attached hydrogens (primary N) is 1. The third-order valence-corrected chi connectivity index (χ3v) is 2.79. The van der Waals surface area contributed by atoms with Crippen LogP contribution in [0.2, 0.25) is 0 Å². The zero-order chi connectivity index (χ0) is 8.27. The Morgan fingerprint density at radius 2 is 2.09 bits per heavy atom. The summed E-state index contributed by atoms with van der Waals surface area (Å²) >= 11 is 1.97. The van der Waals surface area contributed by atoms with Crippen LogP contribution in [0, 0.1) is 5.92 Å². The van der Waals surface area contributed by atoms with Crippen molar-refractivity contribution >= 4 is 28.7 Å². The third kappa shape index (κ3) is 2.59. The molecule has 1 heterocycles. The number of piperidine rings is 1. The Bertz CT molecular complexity index is 150. The van der Waals surface area contributed by atoms with E-state index in [1.807, 2.05) is 22.9 Å². The lowest BCUT2D eigenvalue weighted by Crippen LogP contribution is -2.36. The molecule has 0 unspecified atom stereocenters. The van der Waals surface area contributed by atoms with Gasteiger partial charge in [0, 0.05) is 5.92 Å². The minimum absolute atomic E-state index is 0.531. The molecule has 0 aromatic heterocycles. The van der Waals surface area contributed by atoms with Crippen molar-refractivity contribution < 1.29 is 0 Å². The van der Waals surface area contributed by atoms with Crippen molar-refractivity contribution in [2.24, 2.45) is 14.9 Å². The molecule has 0 atom stereocenters. The quantitative estimate of drug-likeness (QED) is 0.438. The Morgan fingerprint density at radius 3 is 2.55 bits per heavy atom. The van der Waals surface area contributed by atoms with Crippen LogP contribution in [0.1, 0.15) is 12.8 Å². The number of amidine groups is 1. The molecule has 0 amide bonds. The molecule has 0 saturated carbocycles. The van der Waals surface area contributed by atoms with E-state index in [2.05, 4.69) is 15.2 Å². The van der Waals surface area contributed by atoms with Crippen molar-refractivity contribution in [3.63, 3.8) is 0 Å². The molecule has 1 rings (SSSR count). The predicted molar refractivity (Wildman–Crippen MR) is 55.9 cm³/mol. The highest BCUT2D eigenvalue weighted by atomic mass is 127. The Kier molecular flexibility index (Phi) is 3.58. The number of hydrogen-bond donors (Lipinski definition) is 1. The molecule has 1 fully saturated rings. The van der Waals surface area contributed by atoms with Gasteiger partial charge in [0.1, 0.15) is 5.84 Å². The van der Waals surface area contributed by atoms with Crippen molar-refractivity contribution in [3.8, 4) is 0 Å². The number of hydrogen-bond acceptors (Lipinski definition) is 2. The lowest BCUT2D eigenvalue weighted by Gasteiger charge is -2.28. The van der Waals surface area contributed by atoms with Gasteiger partial charge in [0.25, 0.3) is 0 Å². The van der Waals surface area contributed by atoms with Gasteiger partial charge >= 0.3 is 0 Å². The van der Waals surface area contributed by atoms with Crippen LogP contribution in [0.5, 0.6) is 0 Å². The Balaban J connectivity index is 2.39. The number of halogens is 1. The van der Waals surface area contributed by atoms with Crippen LogP contribution in [-0.4, -0.2) is 30.9 Å². The van der Waals surface area contributed by atoms with E-state index in [0.29, 0.717) is 5.92 Å². The lowest BCUT2D eigenvalue weighted by atomic mass is 9.96. The summed E-state index contributed by atoms with van der Waals surface area (Å²) in [5, 5.41) is 0. The highest BCUT2D eigenvalue weighted by Crippen LogP contribution is 2.16. The van der Waals surface area contributed by atoms with Crippen molar-refractivity contribution in [2.75, 3.05) is 20.1 Å². The molecular formula is C7H14IN3. The van der Waals surface area contributed by atoms with Crippen molar-refractivity contribution in [1.29, 1.82) is 0 Å². The molecule has 0 aromatic carbocycles. The van der Waals surface area contributed by atoms with Gasteiger partial charge in [0.05, 0.1) is 22.9 Å². The topological polar surface area (TPSA) is 41.6 Å². The lowest BCUT2D eigenvalue weighted by molar-refractivity contribution is 0.251. The first-order valence-corrected chi connectivity index (χ1v) is 4.83. The standard InChI is InChI=1S/C7H14IN3/c1-11-4-2-6(3-5-11)7(9)10-8/h6H,2-5H2,1H3,(H2,9,10). The van der Waals surface area contributed by atoms with Crippen molar-refractivity contribution in [2.45, 2.75) is 12.8 Å². The molecule has 64 valence electrons. The summed E-state index contributed by atoms with van der Waals surface area (Å²) < 4.78 is 3.98. The van der Waals surface area contributed by atoms with Gasteiger partial charge in [-0.3, -0.25) is 0 Å². The molecule has 0 radical (unpaired) electrons. The van der Waals surface area contributed by atoms with Gasteiger partial charge in [-0.15, -0.1) is 0 Å². The van der Waals surface area contributed by atoms with E-state index in [1.165, 1.54) is 0 Å². The smallest absolute Gasteiger partial charge is 0.109 e. The normalized spacial score (nSPS) is 24.0. The second kappa shape index (κ2) is 4.25. The first-order valence-electron chi connectivity index (χ1n) is 3.87. The fourth-order valence-electron chi connectivity index (χ4n) is 1.37. The molecule has 0 aliphatic carbocycles. The minimum Gasteiger partial charge on any atom is -0.387 e. The van der Waals surface area contributed by atoms with Gasteiger partial charge in [-0.1, -0.05) is 0 Å². The fourth-order valence-corrected chi connectivity index (χ4v) is 1.77. The molecule has 1 aliphatic rings. The highest BCUT2D eigenvalue weighted by Gasteiger charge is 2.19. The Hall–Kier alpha value is 0.160. The maximum absolute atomic E-state index is 5.72. The summed E-state index contributed by atoms with van der Waals surface area (Å²) in [6.07, 6.45) is 2.32. The zero-order valence-electron chi connectivity index (χ0n) is 6.76. The molecule has 0 bridgehead atoms. The van der Waals surface area contributed by atoms with Crippen molar-refractivity contribution in [3.05, 3.63) is 0 Å². The first-order chi connectivity index (χ1) is 5.24. The van der Waals surface area contributed by atoms with Crippen LogP contribution >= 0.6 is 22.9 Å². The SMILES string of the molecule is CN1CCC(/C(N)=N/I)CC1. The first kappa shape index (κ1) is 9.25. The molecule has 0 spiro atoms. The van der Waals surface area contributed by atoms with E-state index in [1.54, 1.807) is 0 Å². The van der Waals surface area contributed by atoms with Gasteiger partial charge in [-0.05, 0) is 33.0 Å². The summed E-state index contributed by atoms with van der Waals surface area (Å²) in [6, 6.07) is 0. The van der Waals surface area contributed by atoms with E-state index in [-0.39, 0.29) is 0 Å². The zero-order valence-corrected chi connectivity index (χ0v) is 8.91. The average molecular weight is 267 g/mol. The van der Waals surface area contributed by atoms with Crippen LogP contribution in [0.3, 0.4) is 0 Å². The maximum atomic E-state index is 5.72. The number of rotatable bonds is 1. The fraction of sp³-hybridized carbons (Fsp3) is 0.857. The van der Waals surface area contributed by atoms with Crippen LogP contribution in [0.25, 0.3) is 0 Å². The molecule has 11 heavy (non-hydrogen) atoms. The Labute approximate surface area is 81.5 Å². The van der Waals surface area contributed by atoms with Gasteiger partial charge in [-0.25, -0.2) is 3.21 Å². The molecule has 4 heteroatoms. The maximum Gasteiger partial charge on any atom is 0.109 e. The molecule has 2 N–H and O–H groups in total. The van der Waals surface area contributed by atoms with Gasteiger partial charge in [0.15, 0.2) is 0 Å². The summed E-state index contributed by atoms with van der Waals surface area (Å²) in [5.41, 5.74) is 5.72. The number of nitrogens with zero attached hydrogens (tertiary/aromatic N) is 2. The summed E-state index contributed by atoms with van der Waals surface area (Å²) in [7, 11) is 2.15. The number of likely N-dealkylation sites (tertiary alicyclic amines) is 1. The molecule has 1 saturated heterocycles. The average Bonchev–Trinajstić information content (AvgIpc) is 2.05. The van der Waals surface area contributed by atoms with Crippen molar-refractivity contribution in [1.82, 2.24) is 4.90 Å². The molecule has 3 nitrogen and oxygen atoms in total. The molecule has 1 aliphatic heterocycles. The monoisotopic (exact) mass is 267 g/mol. The largest absolute Gasteiger partial charge is 0.387 e. The molecule has 0 aromatic rings. The Morgan fingerprint density at radius 1 is 1.55 bits per heavy atom. The van der Waals surface area contributed by atoms with Crippen LogP contribution < -0.4 is 5.73 Å². The van der Waals surface area contributed by atoms with Gasteiger partial charge in [-0.2, -0.15) is 0 Å². The second-order valence-electron chi connectivity index (χ2n) is 3.09. The van der Waals surface area contributed by atoms with E-state index in [0.717, 1.165) is 31.8 Å². The van der Waals surface area contributed by atoms with E-state index in [4.69, 9.17) is 5.73 Å². The van der Waals surface area contributed by atoms with Gasteiger partial charge in [0.2, 0.25) is 0 Å². The van der Waals surface area contributed by atoms with E-state index < -0.39 is 0 Å². The van der Waals surface area contributed by atoms with Crippen LogP contribution in [0.4, 0.5) is 0 Å². The summed E-state index contributed by atoms with van der Waals surface area (Å²) in [5.74, 6) is 1.35.